The molecule has 0 saturated heterocycles. The first kappa shape index (κ1) is 29.4. The van der Waals surface area contributed by atoms with Gasteiger partial charge in [0.05, 0.1) is 13.9 Å². The van der Waals surface area contributed by atoms with Crippen LogP contribution < -0.4 is 5.19 Å². The summed E-state index contributed by atoms with van der Waals surface area (Å²) in [5.74, 6) is 0.666. The summed E-state index contributed by atoms with van der Waals surface area (Å²) in [5, 5.41) is 1.50. The van der Waals surface area contributed by atoms with Gasteiger partial charge in [-0.3, -0.25) is 9.37 Å². The standard InChI is InChI=1S/C20H23N2Si.C12H9FN.Ir/c1-15-13-18(23(3,4)5)14-16(2)19(15)22-12-11-21-20(22)17-9-7-6-8-10-17;1-9-3-2-4-12(14-9)10-5-7-11(13)8-6-10;/h6-9,11-14H,1-5H3;2-5,7-8H,1H3;/q2*-1;. The average Bonchev–Trinajstić information content (AvgIpc) is 3.34. The van der Waals surface area contributed by atoms with Crippen LogP contribution in [-0.2, 0) is 20.1 Å². The van der Waals surface area contributed by atoms with Crippen molar-refractivity contribution in [3.05, 3.63) is 120 Å². The fraction of sp³-hybridized carbons (Fsp3) is 0.188. The Labute approximate surface area is 240 Å². The Hall–Kier alpha value is -3.18. The minimum Gasteiger partial charge on any atom is -0.340 e. The van der Waals surface area contributed by atoms with Crippen molar-refractivity contribution < 1.29 is 24.5 Å². The number of pyridine rings is 1. The Bertz CT molecular complexity index is 1470. The summed E-state index contributed by atoms with van der Waals surface area (Å²) in [6, 6.07) is 29.0. The minimum absolute atomic E-state index is 0. The second-order valence-electron chi connectivity index (χ2n) is 10.2. The van der Waals surface area contributed by atoms with Gasteiger partial charge in [0.2, 0.25) is 0 Å². The van der Waals surface area contributed by atoms with Crippen molar-refractivity contribution in [3.63, 3.8) is 0 Å². The maximum absolute atomic E-state index is 12.6. The zero-order valence-electron chi connectivity index (χ0n) is 22.6. The molecule has 0 spiro atoms. The Morgan fingerprint density at radius 1 is 0.842 bits per heavy atom. The van der Waals surface area contributed by atoms with Crippen LogP contribution >= 0.6 is 0 Å². The van der Waals surface area contributed by atoms with E-state index in [4.69, 9.17) is 0 Å². The molecule has 0 fully saturated rings. The van der Waals surface area contributed by atoms with Gasteiger partial charge in [-0.1, -0.05) is 49.1 Å². The van der Waals surface area contributed by atoms with Crippen LogP contribution in [0.25, 0.3) is 28.3 Å². The maximum Gasteiger partial charge on any atom is 0.0776 e. The van der Waals surface area contributed by atoms with Gasteiger partial charge in [-0.05, 0) is 43.7 Å². The van der Waals surface area contributed by atoms with E-state index in [2.05, 4.69) is 78.4 Å². The van der Waals surface area contributed by atoms with Gasteiger partial charge in [-0.15, -0.1) is 65.7 Å². The molecule has 0 amide bonds. The van der Waals surface area contributed by atoms with Gasteiger partial charge in [0.1, 0.15) is 0 Å². The summed E-state index contributed by atoms with van der Waals surface area (Å²) < 4.78 is 14.8. The fourth-order valence-electron chi connectivity index (χ4n) is 4.24. The zero-order chi connectivity index (χ0) is 26.6. The predicted octanol–water partition coefficient (Wildman–Crippen LogP) is 7.50. The monoisotopic (exact) mass is 698 g/mol. The molecule has 1 radical (unpaired) electrons. The average molecular weight is 698 g/mol. The third-order valence-electron chi connectivity index (χ3n) is 6.13. The Balaban J connectivity index is 0.000000229. The molecule has 3 nitrogen and oxygen atoms in total. The van der Waals surface area contributed by atoms with E-state index >= 15 is 0 Å². The first-order chi connectivity index (χ1) is 17.6. The third kappa shape index (κ3) is 7.01. The van der Waals surface area contributed by atoms with Crippen LogP contribution in [0.4, 0.5) is 4.39 Å². The SMILES string of the molecule is Cc1cc([Si](C)(C)C)cc(C)c1-n1ccnc1-c1[c-]cccc1.Cc1cccc(-c2[c-]cc(F)cc2)n1.[Ir]. The molecule has 0 bridgehead atoms. The summed E-state index contributed by atoms with van der Waals surface area (Å²) in [6.45, 7) is 13.5. The minimum atomic E-state index is -1.31. The molecule has 0 N–H and O–H groups in total. The summed E-state index contributed by atoms with van der Waals surface area (Å²) in [6.07, 6.45) is 3.90. The fourth-order valence-corrected chi connectivity index (χ4v) is 5.54. The van der Waals surface area contributed by atoms with Crippen LogP contribution in [0.3, 0.4) is 0 Å². The van der Waals surface area contributed by atoms with E-state index in [1.54, 1.807) is 6.07 Å². The Morgan fingerprint density at radius 3 is 2.16 bits per heavy atom. The number of benzene rings is 3. The molecule has 0 atom stereocenters. The number of halogens is 1. The number of imidazole rings is 1. The Kier molecular flexibility index (Phi) is 9.72. The zero-order valence-corrected chi connectivity index (χ0v) is 26.0. The smallest absolute Gasteiger partial charge is 0.0776 e. The molecule has 3 aromatic carbocycles. The van der Waals surface area contributed by atoms with E-state index in [0.717, 1.165) is 28.3 Å². The largest absolute Gasteiger partial charge is 0.340 e. The summed E-state index contributed by atoms with van der Waals surface area (Å²) in [5.41, 5.74) is 7.44. The topological polar surface area (TPSA) is 30.7 Å². The van der Waals surface area contributed by atoms with Crippen molar-refractivity contribution in [1.82, 2.24) is 14.5 Å². The van der Waals surface area contributed by atoms with E-state index in [0.29, 0.717) is 0 Å². The maximum atomic E-state index is 12.6. The molecule has 2 aromatic heterocycles. The van der Waals surface area contributed by atoms with Crippen LogP contribution in [-0.4, -0.2) is 22.6 Å². The van der Waals surface area contributed by atoms with Crippen molar-refractivity contribution in [2.75, 3.05) is 0 Å². The molecule has 0 saturated carbocycles. The molecule has 0 aliphatic rings. The number of aryl methyl sites for hydroxylation is 3. The molecular weight excluding hydrogens is 666 g/mol. The summed E-state index contributed by atoms with van der Waals surface area (Å²) >= 11 is 0. The van der Waals surface area contributed by atoms with Crippen LogP contribution in [0, 0.1) is 38.7 Å². The van der Waals surface area contributed by atoms with Crippen LogP contribution in [0.15, 0.2) is 85.2 Å². The van der Waals surface area contributed by atoms with E-state index in [1.165, 1.54) is 34.1 Å². The third-order valence-corrected chi connectivity index (χ3v) is 8.15. The molecule has 5 aromatic rings. The summed E-state index contributed by atoms with van der Waals surface area (Å²) in [4.78, 5) is 8.88. The van der Waals surface area contributed by atoms with Gasteiger partial charge in [0, 0.05) is 49.7 Å². The number of rotatable bonds is 4. The second kappa shape index (κ2) is 12.6. The number of nitrogens with zero attached hydrogens (tertiary/aromatic N) is 3. The van der Waals surface area contributed by atoms with Gasteiger partial charge in [-0.2, -0.15) is 0 Å². The molecule has 5 rings (SSSR count). The van der Waals surface area contributed by atoms with Crippen molar-refractivity contribution in [2.24, 2.45) is 0 Å². The van der Waals surface area contributed by atoms with Crippen LogP contribution in [0.2, 0.25) is 19.6 Å². The predicted molar refractivity (Wildman–Crippen MR) is 153 cm³/mol. The molecule has 2 heterocycles. The van der Waals surface area contributed by atoms with Gasteiger partial charge >= 0.3 is 0 Å². The molecule has 0 aliphatic heterocycles. The molecule has 197 valence electrons. The van der Waals surface area contributed by atoms with Crippen molar-refractivity contribution in [1.29, 1.82) is 0 Å². The van der Waals surface area contributed by atoms with E-state index in [1.807, 2.05) is 55.7 Å². The Morgan fingerprint density at radius 2 is 1.58 bits per heavy atom. The second-order valence-corrected chi connectivity index (χ2v) is 15.3. The van der Waals surface area contributed by atoms with Gasteiger partial charge in [-0.25, -0.2) is 0 Å². The molecule has 6 heteroatoms. The van der Waals surface area contributed by atoms with Crippen molar-refractivity contribution >= 4 is 13.3 Å². The van der Waals surface area contributed by atoms with Gasteiger partial charge < -0.3 is 9.55 Å². The van der Waals surface area contributed by atoms with E-state index in [-0.39, 0.29) is 25.9 Å². The first-order valence-corrected chi connectivity index (χ1v) is 15.9. The van der Waals surface area contributed by atoms with Crippen molar-refractivity contribution in [3.8, 4) is 28.3 Å². The molecule has 0 aliphatic carbocycles. The van der Waals surface area contributed by atoms with Gasteiger partial charge in [0.15, 0.2) is 0 Å². The number of aromatic nitrogens is 3. The molecule has 38 heavy (non-hydrogen) atoms. The first-order valence-electron chi connectivity index (χ1n) is 12.4. The number of hydrogen-bond acceptors (Lipinski definition) is 2. The van der Waals surface area contributed by atoms with E-state index in [9.17, 15) is 4.39 Å². The molecule has 0 unspecified atom stereocenters. The number of hydrogen-bond donors (Lipinski definition) is 0. The van der Waals surface area contributed by atoms with Crippen LogP contribution in [0.5, 0.6) is 0 Å². The van der Waals surface area contributed by atoms with Gasteiger partial charge in [0.25, 0.3) is 0 Å². The van der Waals surface area contributed by atoms with E-state index < -0.39 is 8.07 Å². The molecular formula is C32H32FIrN3Si-2. The summed E-state index contributed by atoms with van der Waals surface area (Å²) in [7, 11) is -1.31. The van der Waals surface area contributed by atoms with Crippen molar-refractivity contribution in [2.45, 2.75) is 40.4 Å². The van der Waals surface area contributed by atoms with Crippen LogP contribution in [0.1, 0.15) is 16.8 Å². The quantitative estimate of drug-likeness (QED) is 0.144. The normalized spacial score (nSPS) is 10.8.